The maximum absolute atomic E-state index is 12.8. The Labute approximate surface area is 164 Å². The Kier molecular flexibility index (Phi) is 6.65. The van der Waals surface area contributed by atoms with Gasteiger partial charge in [-0.05, 0) is 66.0 Å². The van der Waals surface area contributed by atoms with Crippen molar-refractivity contribution in [2.75, 3.05) is 18.5 Å². The molecule has 1 amide bonds. The van der Waals surface area contributed by atoms with Crippen LogP contribution in [0.2, 0.25) is 0 Å². The third kappa shape index (κ3) is 6.26. The van der Waals surface area contributed by atoms with Gasteiger partial charge in [0, 0.05) is 12.8 Å². The van der Waals surface area contributed by atoms with Crippen molar-refractivity contribution in [3.8, 4) is 0 Å². The lowest BCUT2D eigenvalue weighted by Gasteiger charge is -2.39. The molecule has 0 radical (unpaired) electrons. The van der Waals surface area contributed by atoms with Crippen molar-refractivity contribution >= 4 is 22.8 Å². The van der Waals surface area contributed by atoms with Gasteiger partial charge in [-0.2, -0.15) is 0 Å². The third-order valence-electron chi connectivity index (χ3n) is 4.02. The first kappa shape index (κ1) is 21.8. The van der Waals surface area contributed by atoms with Gasteiger partial charge in [0.2, 0.25) is 0 Å². The highest BCUT2D eigenvalue weighted by Crippen LogP contribution is 2.33. The van der Waals surface area contributed by atoms with Crippen molar-refractivity contribution in [2.24, 2.45) is 0 Å². The summed E-state index contributed by atoms with van der Waals surface area (Å²) < 4.78 is 26.6. The molecule has 1 aromatic heterocycles. The molecule has 0 aromatic carbocycles. The topological polar surface area (TPSA) is 89.5 Å². The van der Waals surface area contributed by atoms with Gasteiger partial charge in [-0.3, -0.25) is 10.3 Å². The predicted molar refractivity (Wildman–Crippen MR) is 107 cm³/mol. The van der Waals surface area contributed by atoms with Crippen LogP contribution in [-0.2, 0) is 26.0 Å². The number of nitrogens with one attached hydrogen (secondary N) is 2. The molecule has 152 valence electrons. The normalized spacial score (nSPS) is 22.1. The summed E-state index contributed by atoms with van der Waals surface area (Å²) in [6.07, 6.45) is 4.36. The van der Waals surface area contributed by atoms with Crippen LogP contribution in [0.3, 0.4) is 0 Å². The average molecular weight is 398 g/mol. The minimum absolute atomic E-state index is 0.395. The van der Waals surface area contributed by atoms with E-state index in [1.807, 2.05) is 26.8 Å². The Morgan fingerprint density at radius 1 is 1.26 bits per heavy atom. The van der Waals surface area contributed by atoms with Crippen molar-refractivity contribution < 1.29 is 18.5 Å². The van der Waals surface area contributed by atoms with E-state index in [2.05, 4.69) is 15.0 Å². The standard InChI is InChI=1S/C19H31N3O4S/c1-17(2,3)26-16(23)21-15-10-14(11-20-12-15)19(8-7-9-25-13-19)22-27(24)18(4,5)6/h10-12,22H,7-9,13H2,1-6H3,(H,21,23). The number of hydrogen-bond acceptors (Lipinski definition) is 5. The fourth-order valence-corrected chi connectivity index (χ4v) is 3.62. The molecule has 1 aromatic rings. The Hall–Kier alpha value is -1.51. The summed E-state index contributed by atoms with van der Waals surface area (Å²) in [7, 11) is -1.28. The van der Waals surface area contributed by atoms with Gasteiger partial charge in [0.05, 0.1) is 39.8 Å². The maximum Gasteiger partial charge on any atom is 0.412 e. The van der Waals surface area contributed by atoms with Gasteiger partial charge in [0.25, 0.3) is 0 Å². The molecule has 0 aliphatic carbocycles. The van der Waals surface area contributed by atoms with Gasteiger partial charge in [-0.25, -0.2) is 13.7 Å². The second kappa shape index (κ2) is 8.24. The van der Waals surface area contributed by atoms with Crippen LogP contribution in [-0.4, -0.2) is 38.8 Å². The fraction of sp³-hybridized carbons (Fsp3) is 0.684. The van der Waals surface area contributed by atoms with Gasteiger partial charge < -0.3 is 9.47 Å². The van der Waals surface area contributed by atoms with Crippen LogP contribution < -0.4 is 10.0 Å². The molecule has 2 unspecified atom stereocenters. The molecule has 1 aliphatic heterocycles. The lowest BCUT2D eigenvalue weighted by Crippen LogP contribution is -2.52. The zero-order chi connectivity index (χ0) is 20.3. The van der Waals surface area contributed by atoms with Gasteiger partial charge in [-0.1, -0.05) is 0 Å². The Morgan fingerprint density at radius 2 is 1.96 bits per heavy atom. The van der Waals surface area contributed by atoms with E-state index in [4.69, 9.17) is 9.47 Å². The highest BCUT2D eigenvalue weighted by molar-refractivity contribution is 7.84. The van der Waals surface area contributed by atoms with E-state index >= 15 is 0 Å². The summed E-state index contributed by atoms with van der Waals surface area (Å²) in [6.45, 7) is 12.3. The van der Waals surface area contributed by atoms with Crippen molar-refractivity contribution in [3.63, 3.8) is 0 Å². The minimum atomic E-state index is -1.28. The monoisotopic (exact) mass is 397 g/mol. The lowest BCUT2D eigenvalue weighted by molar-refractivity contribution is 0.0292. The largest absolute Gasteiger partial charge is 0.444 e. The van der Waals surface area contributed by atoms with Gasteiger partial charge in [0.15, 0.2) is 0 Å². The molecule has 2 rings (SSSR count). The van der Waals surface area contributed by atoms with E-state index in [0.717, 1.165) is 18.4 Å². The van der Waals surface area contributed by atoms with E-state index in [9.17, 15) is 9.00 Å². The minimum Gasteiger partial charge on any atom is -0.444 e. The molecule has 7 nitrogen and oxygen atoms in total. The van der Waals surface area contributed by atoms with Crippen molar-refractivity contribution in [1.29, 1.82) is 0 Å². The number of nitrogens with zero attached hydrogens (tertiary/aromatic N) is 1. The molecule has 2 atom stereocenters. The first-order valence-corrected chi connectivity index (χ1v) is 10.3. The number of carbonyl (C=O) groups is 1. The van der Waals surface area contributed by atoms with Gasteiger partial charge in [0.1, 0.15) is 5.60 Å². The average Bonchev–Trinajstić information content (AvgIpc) is 2.53. The molecule has 1 fully saturated rings. The lowest BCUT2D eigenvalue weighted by atomic mass is 9.86. The molecular weight excluding hydrogens is 366 g/mol. The Morgan fingerprint density at radius 3 is 2.52 bits per heavy atom. The first-order valence-electron chi connectivity index (χ1n) is 9.14. The van der Waals surface area contributed by atoms with Crippen LogP contribution in [0.15, 0.2) is 18.5 Å². The zero-order valence-corrected chi connectivity index (χ0v) is 17.9. The number of ether oxygens (including phenoxy) is 2. The number of pyridine rings is 1. The van der Waals surface area contributed by atoms with Crippen molar-refractivity contribution in [3.05, 3.63) is 24.0 Å². The fourth-order valence-electron chi connectivity index (χ4n) is 2.68. The summed E-state index contributed by atoms with van der Waals surface area (Å²) in [5.74, 6) is 0. The number of anilines is 1. The quantitative estimate of drug-likeness (QED) is 0.812. The SMILES string of the molecule is CC(C)(C)OC(=O)Nc1cncc(C2(NS(=O)C(C)(C)C)CCCOC2)c1. The Balaban J connectivity index is 2.26. The second-order valence-corrected chi connectivity index (χ2v) is 10.8. The van der Waals surface area contributed by atoms with Gasteiger partial charge in [-0.15, -0.1) is 0 Å². The van der Waals surface area contributed by atoms with Crippen LogP contribution in [0, 0.1) is 0 Å². The molecular formula is C19H31N3O4S. The molecule has 0 bridgehead atoms. The smallest absolute Gasteiger partial charge is 0.412 e. The second-order valence-electron chi connectivity index (χ2n) is 8.81. The van der Waals surface area contributed by atoms with E-state index in [1.54, 1.807) is 33.2 Å². The van der Waals surface area contributed by atoms with E-state index in [1.165, 1.54) is 0 Å². The zero-order valence-electron chi connectivity index (χ0n) is 17.0. The summed E-state index contributed by atoms with van der Waals surface area (Å²) in [5, 5.41) is 2.71. The van der Waals surface area contributed by atoms with E-state index < -0.39 is 33.0 Å². The molecule has 0 spiro atoms. The first-order chi connectivity index (χ1) is 12.4. The van der Waals surface area contributed by atoms with Gasteiger partial charge >= 0.3 is 6.09 Å². The van der Waals surface area contributed by atoms with Crippen LogP contribution in [0.4, 0.5) is 10.5 Å². The number of aromatic nitrogens is 1. The summed E-state index contributed by atoms with van der Waals surface area (Å²) in [5.41, 5.74) is 0.150. The molecule has 1 saturated heterocycles. The predicted octanol–water partition coefficient (Wildman–Crippen LogP) is 3.49. The Bertz CT molecular complexity index is 689. The van der Waals surface area contributed by atoms with E-state index in [-0.39, 0.29) is 0 Å². The maximum atomic E-state index is 12.8. The molecule has 2 heterocycles. The van der Waals surface area contributed by atoms with Crippen molar-refractivity contribution in [2.45, 2.75) is 70.3 Å². The number of carbonyl (C=O) groups excluding carboxylic acids is 1. The van der Waals surface area contributed by atoms with Crippen LogP contribution in [0.1, 0.15) is 59.9 Å². The summed E-state index contributed by atoms with van der Waals surface area (Å²) in [6, 6.07) is 1.83. The highest BCUT2D eigenvalue weighted by Gasteiger charge is 2.39. The molecule has 27 heavy (non-hydrogen) atoms. The number of rotatable bonds is 4. The highest BCUT2D eigenvalue weighted by atomic mass is 32.2. The van der Waals surface area contributed by atoms with Crippen LogP contribution in [0.25, 0.3) is 0 Å². The van der Waals surface area contributed by atoms with Crippen LogP contribution in [0.5, 0.6) is 0 Å². The number of amides is 1. The third-order valence-corrected chi connectivity index (χ3v) is 5.71. The molecule has 1 aliphatic rings. The number of hydrogen-bond donors (Lipinski definition) is 2. The molecule has 0 saturated carbocycles. The summed E-state index contributed by atoms with van der Waals surface area (Å²) >= 11 is 0. The summed E-state index contributed by atoms with van der Waals surface area (Å²) in [4.78, 5) is 16.3. The van der Waals surface area contributed by atoms with Crippen molar-refractivity contribution in [1.82, 2.24) is 9.71 Å². The van der Waals surface area contributed by atoms with Crippen LogP contribution >= 0.6 is 0 Å². The van der Waals surface area contributed by atoms with E-state index in [0.29, 0.717) is 18.9 Å². The molecule has 8 heteroatoms. The molecule has 2 N–H and O–H groups in total.